The summed E-state index contributed by atoms with van der Waals surface area (Å²) in [6.07, 6.45) is -0.0535. The molecule has 0 aliphatic rings. The molecule has 1 atom stereocenters. The summed E-state index contributed by atoms with van der Waals surface area (Å²) >= 11 is 0. The standard InChI is InChI=1S/C23H27NO5/c1-23(2,3)29-21(27)15-24-22(28)19(14-20(25)26)13-16-9-11-18(12-10-16)17-7-5-4-6-8-17/h4-12,19H,13-15H2,1-3H3,(H,24,28)(H,25,26)/t19-/m1/s1. The van der Waals surface area contributed by atoms with E-state index in [1.54, 1.807) is 20.8 Å². The third-order valence-corrected chi connectivity index (χ3v) is 4.16. The Kier molecular flexibility index (Phi) is 7.53. The topological polar surface area (TPSA) is 92.7 Å². The van der Waals surface area contributed by atoms with Gasteiger partial charge in [-0.25, -0.2) is 0 Å². The van der Waals surface area contributed by atoms with Crippen molar-refractivity contribution < 1.29 is 24.2 Å². The molecule has 0 saturated heterocycles. The van der Waals surface area contributed by atoms with Gasteiger partial charge in [-0.3, -0.25) is 14.4 Å². The lowest BCUT2D eigenvalue weighted by molar-refractivity contribution is -0.154. The Morgan fingerprint density at radius 3 is 2.10 bits per heavy atom. The Balaban J connectivity index is 2.01. The molecular formula is C23H27NO5. The smallest absolute Gasteiger partial charge is 0.325 e. The van der Waals surface area contributed by atoms with Gasteiger partial charge in [0.2, 0.25) is 5.91 Å². The average molecular weight is 397 g/mol. The van der Waals surface area contributed by atoms with Gasteiger partial charge in [0.1, 0.15) is 12.1 Å². The first kappa shape index (κ1) is 22.1. The van der Waals surface area contributed by atoms with Crippen LogP contribution in [0.3, 0.4) is 0 Å². The van der Waals surface area contributed by atoms with E-state index in [0.29, 0.717) is 0 Å². The highest BCUT2D eigenvalue weighted by Gasteiger charge is 2.24. The number of nitrogens with one attached hydrogen (secondary N) is 1. The molecule has 0 bridgehead atoms. The normalized spacial score (nSPS) is 12.1. The Labute approximate surface area is 170 Å². The first-order valence-electron chi connectivity index (χ1n) is 9.50. The number of hydrogen-bond acceptors (Lipinski definition) is 4. The molecule has 0 aromatic heterocycles. The summed E-state index contributed by atoms with van der Waals surface area (Å²) in [5, 5.41) is 11.7. The summed E-state index contributed by atoms with van der Waals surface area (Å²) in [5.74, 6) is -2.89. The summed E-state index contributed by atoms with van der Waals surface area (Å²) in [6.45, 7) is 4.91. The highest BCUT2D eigenvalue weighted by molar-refractivity contribution is 5.86. The van der Waals surface area contributed by atoms with Crippen LogP contribution in [-0.4, -0.2) is 35.1 Å². The molecule has 29 heavy (non-hydrogen) atoms. The van der Waals surface area contributed by atoms with Crippen molar-refractivity contribution in [1.29, 1.82) is 0 Å². The van der Waals surface area contributed by atoms with E-state index in [2.05, 4.69) is 5.32 Å². The third-order valence-electron chi connectivity index (χ3n) is 4.16. The second kappa shape index (κ2) is 9.87. The summed E-state index contributed by atoms with van der Waals surface area (Å²) in [4.78, 5) is 35.4. The molecule has 154 valence electrons. The van der Waals surface area contributed by atoms with Gasteiger partial charge in [-0.15, -0.1) is 0 Å². The van der Waals surface area contributed by atoms with Crippen LogP contribution in [0.2, 0.25) is 0 Å². The fourth-order valence-corrected chi connectivity index (χ4v) is 2.90. The molecule has 6 heteroatoms. The van der Waals surface area contributed by atoms with E-state index in [1.165, 1.54) is 0 Å². The highest BCUT2D eigenvalue weighted by atomic mass is 16.6. The molecular weight excluding hydrogens is 370 g/mol. The van der Waals surface area contributed by atoms with Crippen molar-refractivity contribution in [3.8, 4) is 11.1 Å². The van der Waals surface area contributed by atoms with Gasteiger partial charge in [0.25, 0.3) is 0 Å². The van der Waals surface area contributed by atoms with Crippen molar-refractivity contribution >= 4 is 17.8 Å². The molecule has 0 unspecified atom stereocenters. The molecule has 1 amide bonds. The Hall–Kier alpha value is -3.15. The van der Waals surface area contributed by atoms with Crippen molar-refractivity contribution in [1.82, 2.24) is 5.32 Å². The highest BCUT2D eigenvalue weighted by Crippen LogP contribution is 2.21. The van der Waals surface area contributed by atoms with Gasteiger partial charge in [0, 0.05) is 0 Å². The van der Waals surface area contributed by atoms with E-state index in [-0.39, 0.29) is 19.4 Å². The monoisotopic (exact) mass is 397 g/mol. The number of ether oxygens (including phenoxy) is 1. The molecule has 0 fully saturated rings. The summed E-state index contributed by atoms with van der Waals surface area (Å²) < 4.78 is 5.15. The number of amides is 1. The van der Waals surface area contributed by atoms with E-state index in [9.17, 15) is 14.4 Å². The maximum Gasteiger partial charge on any atom is 0.325 e. The Morgan fingerprint density at radius 2 is 1.55 bits per heavy atom. The van der Waals surface area contributed by atoms with Crippen molar-refractivity contribution in [2.24, 2.45) is 5.92 Å². The number of rotatable bonds is 8. The van der Waals surface area contributed by atoms with Gasteiger partial charge in [-0.2, -0.15) is 0 Å². The van der Waals surface area contributed by atoms with Crippen LogP contribution in [-0.2, 0) is 25.5 Å². The lowest BCUT2D eigenvalue weighted by Crippen LogP contribution is -2.39. The summed E-state index contributed by atoms with van der Waals surface area (Å²) in [5.41, 5.74) is 2.32. The molecule has 0 aliphatic heterocycles. The zero-order chi connectivity index (χ0) is 21.4. The first-order chi connectivity index (χ1) is 13.6. The number of aliphatic carboxylic acids is 1. The van der Waals surface area contributed by atoms with Crippen LogP contribution in [0.4, 0.5) is 0 Å². The number of carbonyl (C=O) groups is 3. The zero-order valence-corrected chi connectivity index (χ0v) is 17.0. The van der Waals surface area contributed by atoms with E-state index in [4.69, 9.17) is 9.84 Å². The predicted octanol–water partition coefficient (Wildman–Crippen LogP) is 3.44. The van der Waals surface area contributed by atoms with Gasteiger partial charge in [-0.05, 0) is 43.9 Å². The molecule has 0 saturated carbocycles. The molecule has 0 radical (unpaired) electrons. The van der Waals surface area contributed by atoms with Crippen molar-refractivity contribution in [2.45, 2.75) is 39.2 Å². The van der Waals surface area contributed by atoms with E-state index < -0.39 is 29.4 Å². The maximum atomic E-state index is 12.5. The number of carboxylic acid groups (broad SMARTS) is 1. The molecule has 2 N–H and O–H groups in total. The molecule has 0 heterocycles. The van der Waals surface area contributed by atoms with Gasteiger partial charge in [0.15, 0.2) is 0 Å². The van der Waals surface area contributed by atoms with Crippen LogP contribution in [0.5, 0.6) is 0 Å². The van der Waals surface area contributed by atoms with E-state index >= 15 is 0 Å². The minimum absolute atomic E-state index is 0.265. The van der Waals surface area contributed by atoms with Gasteiger partial charge >= 0.3 is 11.9 Å². The number of carboxylic acids is 1. The lowest BCUT2D eigenvalue weighted by Gasteiger charge is -2.20. The van der Waals surface area contributed by atoms with Crippen LogP contribution < -0.4 is 5.32 Å². The van der Waals surface area contributed by atoms with E-state index in [0.717, 1.165) is 16.7 Å². The number of hydrogen-bond donors (Lipinski definition) is 2. The van der Waals surface area contributed by atoms with Gasteiger partial charge in [-0.1, -0.05) is 54.6 Å². The second-order valence-corrected chi connectivity index (χ2v) is 7.87. The molecule has 0 spiro atoms. The average Bonchev–Trinajstić information content (AvgIpc) is 2.65. The first-order valence-corrected chi connectivity index (χ1v) is 9.50. The Morgan fingerprint density at radius 1 is 0.966 bits per heavy atom. The quantitative estimate of drug-likeness (QED) is 0.666. The van der Waals surface area contributed by atoms with Crippen LogP contribution in [0.1, 0.15) is 32.8 Å². The van der Waals surface area contributed by atoms with Gasteiger partial charge < -0.3 is 15.2 Å². The number of carbonyl (C=O) groups excluding carboxylic acids is 2. The Bertz CT molecular complexity index is 838. The molecule has 6 nitrogen and oxygen atoms in total. The fourth-order valence-electron chi connectivity index (χ4n) is 2.90. The fraction of sp³-hybridized carbons (Fsp3) is 0.348. The second-order valence-electron chi connectivity index (χ2n) is 7.87. The summed E-state index contributed by atoms with van der Waals surface area (Å²) in [6, 6.07) is 17.5. The number of esters is 1. The minimum Gasteiger partial charge on any atom is -0.481 e. The van der Waals surface area contributed by atoms with Crippen molar-refractivity contribution in [2.75, 3.05) is 6.54 Å². The van der Waals surface area contributed by atoms with Crippen LogP contribution in [0, 0.1) is 5.92 Å². The predicted molar refractivity (Wildman–Crippen MR) is 110 cm³/mol. The van der Waals surface area contributed by atoms with E-state index in [1.807, 2.05) is 54.6 Å². The molecule has 0 aliphatic carbocycles. The third kappa shape index (κ3) is 7.78. The number of benzene rings is 2. The SMILES string of the molecule is CC(C)(C)OC(=O)CNC(=O)[C@@H](CC(=O)O)Cc1ccc(-c2ccccc2)cc1. The van der Waals surface area contributed by atoms with Crippen LogP contribution >= 0.6 is 0 Å². The van der Waals surface area contributed by atoms with Crippen LogP contribution in [0.15, 0.2) is 54.6 Å². The van der Waals surface area contributed by atoms with Crippen molar-refractivity contribution in [3.63, 3.8) is 0 Å². The van der Waals surface area contributed by atoms with Crippen LogP contribution in [0.25, 0.3) is 11.1 Å². The molecule has 2 aromatic carbocycles. The summed E-state index contributed by atoms with van der Waals surface area (Å²) in [7, 11) is 0. The lowest BCUT2D eigenvalue weighted by atomic mass is 9.94. The van der Waals surface area contributed by atoms with Gasteiger partial charge in [0.05, 0.1) is 12.3 Å². The zero-order valence-electron chi connectivity index (χ0n) is 17.0. The largest absolute Gasteiger partial charge is 0.481 e. The van der Waals surface area contributed by atoms with Crippen molar-refractivity contribution in [3.05, 3.63) is 60.2 Å². The molecule has 2 rings (SSSR count). The maximum absolute atomic E-state index is 12.5. The minimum atomic E-state index is -1.07. The molecule has 2 aromatic rings.